The van der Waals surface area contributed by atoms with E-state index in [2.05, 4.69) is 33.4 Å². The van der Waals surface area contributed by atoms with Gasteiger partial charge in [0.05, 0.1) is 0 Å². The topological polar surface area (TPSA) is 40.5 Å². The van der Waals surface area contributed by atoms with Crippen molar-refractivity contribution < 1.29 is 10.2 Å². The van der Waals surface area contributed by atoms with Crippen LogP contribution in [0.2, 0.25) is 0 Å². The SMILES string of the molecule is C=C(C)[C@@H]1CCC(C)=C[C@H]1c1c(O)cc(CC(C)C)cc1O. The summed E-state index contributed by atoms with van der Waals surface area (Å²) in [6.45, 7) is 12.5. The van der Waals surface area contributed by atoms with Crippen LogP contribution >= 0.6 is 0 Å². The number of rotatable bonds is 4. The summed E-state index contributed by atoms with van der Waals surface area (Å²) in [6, 6.07) is 3.62. The van der Waals surface area contributed by atoms with E-state index in [1.165, 1.54) is 5.57 Å². The highest BCUT2D eigenvalue weighted by Gasteiger charge is 2.30. The van der Waals surface area contributed by atoms with Crippen LogP contribution in [0.4, 0.5) is 0 Å². The van der Waals surface area contributed by atoms with Crippen molar-refractivity contribution >= 4 is 0 Å². The van der Waals surface area contributed by atoms with Gasteiger partial charge in [0.15, 0.2) is 0 Å². The van der Waals surface area contributed by atoms with Crippen LogP contribution < -0.4 is 0 Å². The molecule has 0 aromatic heterocycles. The van der Waals surface area contributed by atoms with E-state index in [0.717, 1.165) is 30.4 Å². The maximum Gasteiger partial charge on any atom is 0.123 e. The lowest BCUT2D eigenvalue weighted by molar-refractivity contribution is 0.405. The van der Waals surface area contributed by atoms with E-state index in [-0.39, 0.29) is 23.3 Å². The Balaban J connectivity index is 2.46. The summed E-state index contributed by atoms with van der Waals surface area (Å²) in [5.74, 6) is 1.19. The second-order valence-corrected chi connectivity index (χ2v) is 7.18. The van der Waals surface area contributed by atoms with Gasteiger partial charge >= 0.3 is 0 Å². The standard InChI is InChI=1S/C20H28O2/c1-12(2)8-15-10-18(21)20(19(22)11-15)17-9-14(5)6-7-16(17)13(3)4/h9-12,16-17,21-22H,3,6-8H2,1-2,4-5H3/t16-,17+/m0/s1. The van der Waals surface area contributed by atoms with Crippen molar-refractivity contribution in [2.75, 3.05) is 0 Å². The zero-order chi connectivity index (χ0) is 16.4. The quantitative estimate of drug-likeness (QED) is 0.739. The Labute approximate surface area is 134 Å². The van der Waals surface area contributed by atoms with E-state index in [1.54, 1.807) is 0 Å². The second-order valence-electron chi connectivity index (χ2n) is 7.18. The third-order valence-electron chi connectivity index (χ3n) is 4.55. The molecular weight excluding hydrogens is 272 g/mol. The van der Waals surface area contributed by atoms with Crippen LogP contribution in [-0.2, 0) is 6.42 Å². The molecule has 0 aliphatic heterocycles. The number of phenolic OH excluding ortho intramolecular Hbond substituents is 2. The van der Waals surface area contributed by atoms with Gasteiger partial charge in [0.1, 0.15) is 11.5 Å². The molecular formula is C20H28O2. The molecule has 0 amide bonds. The fourth-order valence-electron chi connectivity index (χ4n) is 3.52. The molecule has 0 saturated heterocycles. The van der Waals surface area contributed by atoms with Gasteiger partial charge in [-0.05, 0) is 62.6 Å². The van der Waals surface area contributed by atoms with Crippen molar-refractivity contribution in [2.45, 2.75) is 52.9 Å². The first kappa shape index (κ1) is 16.7. The van der Waals surface area contributed by atoms with Crippen LogP contribution in [0.15, 0.2) is 35.9 Å². The van der Waals surface area contributed by atoms with Gasteiger partial charge in [-0.25, -0.2) is 0 Å². The molecule has 2 N–H and O–H groups in total. The molecule has 2 nitrogen and oxygen atoms in total. The summed E-state index contributed by atoms with van der Waals surface area (Å²) in [7, 11) is 0. The predicted molar refractivity (Wildman–Crippen MR) is 92.3 cm³/mol. The van der Waals surface area contributed by atoms with Gasteiger partial charge in [0, 0.05) is 11.5 Å². The number of phenols is 2. The van der Waals surface area contributed by atoms with Crippen molar-refractivity contribution in [2.24, 2.45) is 11.8 Å². The van der Waals surface area contributed by atoms with Crippen LogP contribution in [0.25, 0.3) is 0 Å². The highest BCUT2D eigenvalue weighted by molar-refractivity contribution is 5.51. The zero-order valence-electron chi connectivity index (χ0n) is 14.2. The average molecular weight is 300 g/mol. The van der Waals surface area contributed by atoms with E-state index in [0.29, 0.717) is 11.5 Å². The molecule has 120 valence electrons. The van der Waals surface area contributed by atoms with Gasteiger partial charge in [-0.2, -0.15) is 0 Å². The smallest absolute Gasteiger partial charge is 0.123 e. The fourth-order valence-corrected chi connectivity index (χ4v) is 3.52. The Morgan fingerprint density at radius 3 is 2.36 bits per heavy atom. The molecule has 0 spiro atoms. The monoisotopic (exact) mass is 300 g/mol. The van der Waals surface area contributed by atoms with Crippen molar-refractivity contribution in [3.63, 3.8) is 0 Å². The summed E-state index contributed by atoms with van der Waals surface area (Å²) in [5, 5.41) is 21.0. The molecule has 0 radical (unpaired) electrons. The maximum absolute atomic E-state index is 10.5. The Hall–Kier alpha value is -1.70. The minimum absolute atomic E-state index is 0.0133. The Morgan fingerprint density at radius 1 is 1.27 bits per heavy atom. The van der Waals surface area contributed by atoms with Crippen LogP contribution in [0, 0.1) is 11.8 Å². The summed E-state index contributed by atoms with van der Waals surface area (Å²) < 4.78 is 0. The van der Waals surface area contributed by atoms with Crippen LogP contribution in [0.1, 0.15) is 57.6 Å². The minimum atomic E-state index is 0.0133. The van der Waals surface area contributed by atoms with Gasteiger partial charge in [-0.1, -0.05) is 37.6 Å². The van der Waals surface area contributed by atoms with E-state index >= 15 is 0 Å². The van der Waals surface area contributed by atoms with E-state index in [4.69, 9.17) is 0 Å². The maximum atomic E-state index is 10.5. The predicted octanol–water partition coefficient (Wildman–Crippen LogP) is 5.31. The molecule has 1 aliphatic carbocycles. The summed E-state index contributed by atoms with van der Waals surface area (Å²) in [5.41, 5.74) is 4.06. The molecule has 2 rings (SSSR count). The van der Waals surface area contributed by atoms with Gasteiger partial charge < -0.3 is 10.2 Å². The van der Waals surface area contributed by atoms with Gasteiger partial charge in [-0.15, -0.1) is 0 Å². The molecule has 1 aliphatic rings. The molecule has 0 fully saturated rings. The van der Waals surface area contributed by atoms with Crippen LogP contribution in [0.5, 0.6) is 11.5 Å². The fraction of sp³-hybridized carbons (Fsp3) is 0.500. The Kier molecular flexibility index (Phi) is 5.00. The van der Waals surface area contributed by atoms with Crippen molar-refractivity contribution in [3.05, 3.63) is 47.1 Å². The number of hydrogen-bond acceptors (Lipinski definition) is 2. The molecule has 0 heterocycles. The van der Waals surface area contributed by atoms with E-state index < -0.39 is 0 Å². The summed E-state index contributed by atoms with van der Waals surface area (Å²) in [4.78, 5) is 0. The van der Waals surface area contributed by atoms with Gasteiger partial charge in [-0.3, -0.25) is 0 Å². The molecule has 0 bridgehead atoms. The number of hydrogen-bond donors (Lipinski definition) is 2. The zero-order valence-corrected chi connectivity index (χ0v) is 14.2. The van der Waals surface area contributed by atoms with Crippen LogP contribution in [-0.4, -0.2) is 10.2 Å². The Morgan fingerprint density at radius 2 is 1.86 bits per heavy atom. The molecule has 0 unspecified atom stereocenters. The molecule has 0 saturated carbocycles. The number of benzene rings is 1. The first-order chi connectivity index (χ1) is 10.3. The molecule has 2 atom stereocenters. The lowest BCUT2D eigenvalue weighted by Gasteiger charge is -2.31. The Bertz CT molecular complexity index is 573. The third-order valence-corrected chi connectivity index (χ3v) is 4.55. The van der Waals surface area contributed by atoms with Crippen LogP contribution in [0.3, 0.4) is 0 Å². The third kappa shape index (κ3) is 3.55. The molecule has 2 heteroatoms. The average Bonchev–Trinajstić information content (AvgIpc) is 2.36. The molecule has 1 aromatic rings. The molecule has 1 aromatic carbocycles. The highest BCUT2D eigenvalue weighted by Crippen LogP contribution is 2.46. The summed E-state index contributed by atoms with van der Waals surface area (Å²) in [6.07, 6.45) is 5.11. The van der Waals surface area contributed by atoms with E-state index in [1.807, 2.05) is 19.1 Å². The van der Waals surface area contributed by atoms with Gasteiger partial charge in [0.25, 0.3) is 0 Å². The first-order valence-corrected chi connectivity index (χ1v) is 8.17. The normalized spacial score (nSPS) is 21.8. The number of aromatic hydroxyl groups is 2. The lowest BCUT2D eigenvalue weighted by atomic mass is 9.73. The minimum Gasteiger partial charge on any atom is -0.507 e. The van der Waals surface area contributed by atoms with Crippen molar-refractivity contribution in [3.8, 4) is 11.5 Å². The van der Waals surface area contributed by atoms with Gasteiger partial charge in [0.2, 0.25) is 0 Å². The lowest BCUT2D eigenvalue weighted by Crippen LogP contribution is -2.17. The van der Waals surface area contributed by atoms with Crippen molar-refractivity contribution in [1.82, 2.24) is 0 Å². The van der Waals surface area contributed by atoms with E-state index in [9.17, 15) is 10.2 Å². The summed E-state index contributed by atoms with van der Waals surface area (Å²) >= 11 is 0. The second kappa shape index (κ2) is 6.60. The first-order valence-electron chi connectivity index (χ1n) is 8.17. The molecule has 22 heavy (non-hydrogen) atoms. The number of allylic oxidation sites excluding steroid dienone is 3. The van der Waals surface area contributed by atoms with Crippen molar-refractivity contribution in [1.29, 1.82) is 0 Å². The largest absolute Gasteiger partial charge is 0.507 e. The highest BCUT2D eigenvalue weighted by atomic mass is 16.3.